The molecule has 0 spiro atoms. The van der Waals surface area contributed by atoms with Crippen LogP contribution in [0.15, 0.2) is 52.9 Å². The molecule has 0 fully saturated rings. The Labute approximate surface area is 167 Å². The third kappa shape index (κ3) is 5.37. The first-order valence-corrected chi connectivity index (χ1v) is 10.9. The summed E-state index contributed by atoms with van der Waals surface area (Å²) in [6, 6.07) is 14.5. The smallest absolute Gasteiger partial charge is 0.264 e. The summed E-state index contributed by atoms with van der Waals surface area (Å²) in [5.41, 5.74) is 2.74. The standard InChI is InChI=1S/C19H19N3O4S2/c1-13-6-8-16(9-7-13)26-11-17(23)20-18-21-22-19(27-18)28(24,25)12-15-5-3-4-14(2)10-15/h3-10H,11-12H2,1-2H3,(H,20,21,23). The van der Waals surface area contributed by atoms with Gasteiger partial charge in [0, 0.05) is 0 Å². The fourth-order valence-electron chi connectivity index (χ4n) is 2.41. The number of carbonyl (C=O) groups is 1. The Bertz CT molecular complexity index is 1080. The van der Waals surface area contributed by atoms with Crippen LogP contribution in [0, 0.1) is 13.8 Å². The average molecular weight is 418 g/mol. The zero-order chi connectivity index (χ0) is 20.1. The van der Waals surface area contributed by atoms with Crippen LogP contribution in [0.2, 0.25) is 0 Å². The highest BCUT2D eigenvalue weighted by atomic mass is 32.2. The van der Waals surface area contributed by atoms with Crippen LogP contribution in [0.1, 0.15) is 16.7 Å². The van der Waals surface area contributed by atoms with E-state index in [1.807, 2.05) is 38.1 Å². The zero-order valence-electron chi connectivity index (χ0n) is 15.4. The van der Waals surface area contributed by atoms with Gasteiger partial charge in [0.25, 0.3) is 5.91 Å². The molecule has 3 aromatic rings. The number of aryl methyl sites for hydroxylation is 2. The Kier molecular flexibility index (Phi) is 6.05. The number of hydrogen-bond donors (Lipinski definition) is 1. The summed E-state index contributed by atoms with van der Waals surface area (Å²) in [7, 11) is -3.64. The lowest BCUT2D eigenvalue weighted by atomic mass is 10.2. The second kappa shape index (κ2) is 8.49. The molecular weight excluding hydrogens is 398 g/mol. The van der Waals surface area contributed by atoms with Crippen LogP contribution in [0.5, 0.6) is 5.75 Å². The predicted molar refractivity (Wildman–Crippen MR) is 107 cm³/mol. The third-order valence-corrected chi connectivity index (χ3v) is 6.72. The number of benzene rings is 2. The van der Waals surface area contributed by atoms with Crippen molar-refractivity contribution in [3.63, 3.8) is 0 Å². The summed E-state index contributed by atoms with van der Waals surface area (Å²) >= 11 is 0.818. The van der Waals surface area contributed by atoms with Crippen LogP contribution in [0.25, 0.3) is 0 Å². The van der Waals surface area contributed by atoms with Crippen molar-refractivity contribution in [2.45, 2.75) is 23.9 Å². The maximum absolute atomic E-state index is 12.5. The highest BCUT2D eigenvalue weighted by molar-refractivity contribution is 7.92. The minimum absolute atomic E-state index is 0.111. The van der Waals surface area contributed by atoms with Crippen molar-refractivity contribution in [2.24, 2.45) is 0 Å². The molecule has 1 heterocycles. The minimum atomic E-state index is -3.64. The van der Waals surface area contributed by atoms with Crippen LogP contribution in [0.4, 0.5) is 5.13 Å². The second-order valence-corrected chi connectivity index (χ2v) is 9.41. The molecule has 7 nitrogen and oxygen atoms in total. The summed E-state index contributed by atoms with van der Waals surface area (Å²) in [5, 5.41) is 10.1. The molecule has 2 aromatic carbocycles. The number of nitrogens with zero attached hydrogens (tertiary/aromatic N) is 2. The fraction of sp³-hybridized carbons (Fsp3) is 0.211. The number of ether oxygens (including phenoxy) is 1. The molecule has 0 aliphatic rings. The summed E-state index contributed by atoms with van der Waals surface area (Å²) < 4.78 is 30.3. The predicted octanol–water partition coefficient (Wildman–Crippen LogP) is 3.15. The number of aromatic nitrogens is 2. The van der Waals surface area contributed by atoms with Crippen LogP contribution < -0.4 is 10.1 Å². The monoisotopic (exact) mass is 417 g/mol. The summed E-state index contributed by atoms with van der Waals surface area (Å²) in [5.74, 6) is -0.0489. The first-order valence-electron chi connectivity index (χ1n) is 8.43. The van der Waals surface area contributed by atoms with Gasteiger partial charge in [-0.2, -0.15) is 0 Å². The van der Waals surface area contributed by atoms with Crippen molar-refractivity contribution in [3.8, 4) is 5.75 Å². The molecule has 1 N–H and O–H groups in total. The molecule has 1 aromatic heterocycles. The number of amides is 1. The van der Waals surface area contributed by atoms with E-state index in [9.17, 15) is 13.2 Å². The third-order valence-electron chi connectivity index (χ3n) is 3.75. The largest absolute Gasteiger partial charge is 0.484 e. The molecule has 0 saturated heterocycles. The van der Waals surface area contributed by atoms with Crippen LogP contribution >= 0.6 is 11.3 Å². The molecule has 9 heteroatoms. The lowest BCUT2D eigenvalue weighted by molar-refractivity contribution is -0.118. The average Bonchev–Trinajstić information content (AvgIpc) is 3.10. The summed E-state index contributed by atoms with van der Waals surface area (Å²) in [4.78, 5) is 12.0. The van der Waals surface area contributed by atoms with Crippen molar-refractivity contribution >= 4 is 32.2 Å². The SMILES string of the molecule is Cc1ccc(OCC(=O)Nc2nnc(S(=O)(=O)Cc3cccc(C)c3)s2)cc1. The Hall–Kier alpha value is -2.78. The van der Waals surface area contributed by atoms with Gasteiger partial charge in [-0.1, -0.05) is 58.9 Å². The van der Waals surface area contributed by atoms with E-state index >= 15 is 0 Å². The second-order valence-electron chi connectivity index (χ2n) is 6.27. The van der Waals surface area contributed by atoms with Gasteiger partial charge in [0.05, 0.1) is 5.75 Å². The molecule has 0 aliphatic carbocycles. The van der Waals surface area contributed by atoms with Crippen molar-refractivity contribution in [2.75, 3.05) is 11.9 Å². The van der Waals surface area contributed by atoms with Gasteiger partial charge in [-0.05, 0) is 31.5 Å². The van der Waals surface area contributed by atoms with Gasteiger partial charge in [-0.15, -0.1) is 10.2 Å². The zero-order valence-corrected chi connectivity index (χ0v) is 17.0. The van der Waals surface area contributed by atoms with Crippen molar-refractivity contribution in [1.82, 2.24) is 10.2 Å². The first-order chi connectivity index (χ1) is 13.3. The van der Waals surface area contributed by atoms with Gasteiger partial charge >= 0.3 is 0 Å². The van der Waals surface area contributed by atoms with Crippen LogP contribution in [-0.2, 0) is 20.4 Å². The van der Waals surface area contributed by atoms with E-state index in [0.717, 1.165) is 22.5 Å². The highest BCUT2D eigenvalue weighted by Gasteiger charge is 2.22. The number of nitrogens with one attached hydrogen (secondary N) is 1. The normalized spacial score (nSPS) is 11.2. The van der Waals surface area contributed by atoms with Crippen LogP contribution in [-0.4, -0.2) is 31.1 Å². The van der Waals surface area contributed by atoms with Gasteiger partial charge in [0.15, 0.2) is 6.61 Å². The van der Waals surface area contributed by atoms with E-state index < -0.39 is 15.7 Å². The van der Waals surface area contributed by atoms with E-state index in [2.05, 4.69) is 15.5 Å². The molecule has 0 bridgehead atoms. The minimum Gasteiger partial charge on any atom is -0.484 e. The number of hydrogen-bond acceptors (Lipinski definition) is 7. The molecule has 3 rings (SSSR count). The molecule has 146 valence electrons. The van der Waals surface area contributed by atoms with E-state index in [1.54, 1.807) is 24.3 Å². The maximum atomic E-state index is 12.5. The Balaban J connectivity index is 1.59. The molecule has 0 aliphatic heterocycles. The molecule has 0 unspecified atom stereocenters. The van der Waals surface area contributed by atoms with Crippen molar-refractivity contribution in [3.05, 3.63) is 65.2 Å². The number of rotatable bonds is 7. The molecule has 1 amide bonds. The summed E-state index contributed by atoms with van der Waals surface area (Å²) in [6.07, 6.45) is 0. The number of carbonyl (C=O) groups excluding carboxylic acids is 1. The lowest BCUT2D eigenvalue weighted by Crippen LogP contribution is -2.20. The van der Waals surface area contributed by atoms with Gasteiger partial charge in [-0.3, -0.25) is 10.1 Å². The van der Waals surface area contributed by atoms with E-state index in [4.69, 9.17) is 4.74 Å². The van der Waals surface area contributed by atoms with Crippen LogP contribution in [0.3, 0.4) is 0 Å². The van der Waals surface area contributed by atoms with Gasteiger partial charge in [0.2, 0.25) is 19.3 Å². The maximum Gasteiger partial charge on any atom is 0.264 e. The molecule has 0 radical (unpaired) electrons. The topological polar surface area (TPSA) is 98.2 Å². The first kappa shape index (κ1) is 20.0. The quantitative estimate of drug-likeness (QED) is 0.593. The van der Waals surface area contributed by atoms with E-state index in [-0.39, 0.29) is 21.8 Å². The Morgan fingerprint density at radius 3 is 2.54 bits per heavy atom. The lowest BCUT2D eigenvalue weighted by Gasteiger charge is -2.05. The molecule has 0 atom stereocenters. The van der Waals surface area contributed by atoms with Crippen molar-refractivity contribution < 1.29 is 17.9 Å². The molecule has 0 saturated carbocycles. The van der Waals surface area contributed by atoms with Gasteiger partial charge < -0.3 is 4.74 Å². The van der Waals surface area contributed by atoms with E-state index in [0.29, 0.717) is 11.3 Å². The fourth-order valence-corrected chi connectivity index (χ4v) is 4.73. The Morgan fingerprint density at radius 1 is 1.07 bits per heavy atom. The molecular formula is C19H19N3O4S2. The Morgan fingerprint density at radius 2 is 1.82 bits per heavy atom. The van der Waals surface area contributed by atoms with Gasteiger partial charge in [0.1, 0.15) is 5.75 Å². The van der Waals surface area contributed by atoms with Crippen molar-refractivity contribution in [1.29, 1.82) is 0 Å². The number of sulfone groups is 1. The van der Waals surface area contributed by atoms with E-state index in [1.165, 1.54) is 0 Å². The number of anilines is 1. The van der Waals surface area contributed by atoms with Gasteiger partial charge in [-0.25, -0.2) is 8.42 Å². The highest BCUT2D eigenvalue weighted by Crippen LogP contribution is 2.23. The molecule has 28 heavy (non-hydrogen) atoms. The summed E-state index contributed by atoms with van der Waals surface area (Å²) in [6.45, 7) is 3.64.